The number of hydrogen-bond donors (Lipinski definition) is 0. The molecule has 0 bridgehead atoms. The number of unbranched alkanes of at least 4 members (excludes halogenated alkanes) is 1. The van der Waals surface area contributed by atoms with Crippen molar-refractivity contribution in [3.63, 3.8) is 0 Å². The first-order valence-electron chi connectivity index (χ1n) is 5.77. The molecular formula is C12H19IO4. The van der Waals surface area contributed by atoms with Gasteiger partial charge in [0.05, 0.1) is 13.2 Å². The largest absolute Gasteiger partial charge is 0.466 e. The van der Waals surface area contributed by atoms with Crippen molar-refractivity contribution in [2.75, 3.05) is 13.2 Å². The lowest BCUT2D eigenvalue weighted by Crippen LogP contribution is -2.08. The zero-order chi connectivity index (χ0) is 13.1. The molecule has 17 heavy (non-hydrogen) atoms. The lowest BCUT2D eigenvalue weighted by atomic mass is 10.1. The number of rotatable bonds is 8. The van der Waals surface area contributed by atoms with E-state index in [9.17, 15) is 9.59 Å². The molecule has 0 aromatic heterocycles. The number of halogens is 1. The molecule has 5 heteroatoms. The van der Waals surface area contributed by atoms with Gasteiger partial charge >= 0.3 is 11.9 Å². The highest BCUT2D eigenvalue weighted by Gasteiger charge is 2.10. The molecule has 0 saturated carbocycles. The minimum absolute atomic E-state index is 0.177. The van der Waals surface area contributed by atoms with E-state index in [4.69, 9.17) is 9.47 Å². The van der Waals surface area contributed by atoms with Crippen molar-refractivity contribution in [1.29, 1.82) is 0 Å². The third kappa shape index (κ3) is 8.18. The Hall–Kier alpha value is -0.590. The highest BCUT2D eigenvalue weighted by atomic mass is 127. The van der Waals surface area contributed by atoms with Crippen LogP contribution < -0.4 is 0 Å². The predicted molar refractivity (Wildman–Crippen MR) is 73.8 cm³/mol. The van der Waals surface area contributed by atoms with Gasteiger partial charge in [-0.3, -0.25) is 4.79 Å². The summed E-state index contributed by atoms with van der Waals surface area (Å²) >= 11 is 2.03. The fraction of sp³-hybridized carbons (Fsp3) is 0.667. The molecule has 0 atom stereocenters. The molecule has 0 radical (unpaired) electrons. The van der Waals surface area contributed by atoms with Crippen molar-refractivity contribution >= 4 is 34.5 Å². The van der Waals surface area contributed by atoms with Gasteiger partial charge in [-0.15, -0.1) is 0 Å². The van der Waals surface area contributed by atoms with Gasteiger partial charge in [0.25, 0.3) is 0 Å². The first-order chi connectivity index (χ1) is 8.15. The van der Waals surface area contributed by atoms with Crippen LogP contribution in [0.2, 0.25) is 0 Å². The molecule has 0 aliphatic heterocycles. The Morgan fingerprint density at radius 1 is 1.06 bits per heavy atom. The van der Waals surface area contributed by atoms with Crippen LogP contribution in [0.1, 0.15) is 39.5 Å². The van der Waals surface area contributed by atoms with E-state index >= 15 is 0 Å². The van der Waals surface area contributed by atoms with Gasteiger partial charge in [-0.25, -0.2) is 4.79 Å². The summed E-state index contributed by atoms with van der Waals surface area (Å²) < 4.78 is 11.5. The lowest BCUT2D eigenvalue weighted by molar-refractivity contribution is -0.143. The summed E-state index contributed by atoms with van der Waals surface area (Å²) in [5.74, 6) is -0.443. The Bertz CT molecular complexity index is 274. The number of carbonyl (C=O) groups is 2. The molecular weight excluding hydrogens is 335 g/mol. The number of ether oxygens (including phenoxy) is 2. The van der Waals surface area contributed by atoms with Gasteiger partial charge in [0.15, 0.2) is 0 Å². The summed E-state index contributed by atoms with van der Waals surface area (Å²) in [7, 11) is 0. The maximum Gasteiger partial charge on any atom is 0.334 e. The monoisotopic (exact) mass is 354 g/mol. The first-order valence-corrected chi connectivity index (χ1v) is 7.02. The maximum atomic E-state index is 11.4. The molecule has 0 aliphatic rings. The minimum Gasteiger partial charge on any atom is -0.466 e. The van der Waals surface area contributed by atoms with Crippen LogP contribution in [0, 0.1) is 0 Å². The van der Waals surface area contributed by atoms with Crippen LogP contribution in [0.25, 0.3) is 0 Å². The molecule has 4 nitrogen and oxygen atoms in total. The second-order valence-electron chi connectivity index (χ2n) is 3.37. The number of carbonyl (C=O) groups excluding carboxylic acids is 2. The SMILES string of the molecule is CCOC(=O)CCCC/C(=C\I)C(=O)OCC. The normalized spacial score (nSPS) is 11.1. The molecule has 0 aromatic rings. The average Bonchev–Trinajstić information content (AvgIpc) is 2.29. The molecule has 0 aliphatic carbocycles. The summed E-state index contributed by atoms with van der Waals surface area (Å²) in [6.07, 6.45) is 2.56. The summed E-state index contributed by atoms with van der Waals surface area (Å²) in [4.78, 5) is 22.5. The van der Waals surface area contributed by atoms with Gasteiger partial charge in [0, 0.05) is 12.0 Å². The quantitative estimate of drug-likeness (QED) is 0.291. The second kappa shape index (κ2) is 10.6. The Kier molecular flexibility index (Phi) is 10.2. The van der Waals surface area contributed by atoms with E-state index < -0.39 is 0 Å². The molecule has 98 valence electrons. The number of hydrogen-bond acceptors (Lipinski definition) is 4. The van der Waals surface area contributed by atoms with Crippen molar-refractivity contribution in [2.24, 2.45) is 0 Å². The van der Waals surface area contributed by atoms with Crippen molar-refractivity contribution in [3.05, 3.63) is 9.66 Å². The highest BCUT2D eigenvalue weighted by molar-refractivity contribution is 14.1. The smallest absolute Gasteiger partial charge is 0.334 e. The summed E-state index contributed by atoms with van der Waals surface area (Å²) in [6, 6.07) is 0. The van der Waals surface area contributed by atoms with E-state index in [2.05, 4.69) is 0 Å². The fourth-order valence-corrected chi connectivity index (χ4v) is 1.81. The Balaban J connectivity index is 3.78. The molecule has 0 N–H and O–H groups in total. The van der Waals surface area contributed by atoms with Gasteiger partial charge < -0.3 is 9.47 Å². The maximum absolute atomic E-state index is 11.4. The van der Waals surface area contributed by atoms with E-state index in [0.717, 1.165) is 12.8 Å². The van der Waals surface area contributed by atoms with Crippen LogP contribution >= 0.6 is 22.6 Å². The Morgan fingerprint density at radius 3 is 2.18 bits per heavy atom. The van der Waals surface area contributed by atoms with E-state index in [1.54, 1.807) is 17.9 Å². The van der Waals surface area contributed by atoms with Crippen molar-refractivity contribution in [1.82, 2.24) is 0 Å². The van der Waals surface area contributed by atoms with Crippen molar-refractivity contribution in [3.8, 4) is 0 Å². The van der Waals surface area contributed by atoms with E-state index in [1.807, 2.05) is 22.6 Å². The molecule has 0 saturated heterocycles. The van der Waals surface area contributed by atoms with Crippen molar-refractivity contribution < 1.29 is 19.1 Å². The zero-order valence-electron chi connectivity index (χ0n) is 10.3. The van der Waals surface area contributed by atoms with Crippen LogP contribution in [0.15, 0.2) is 9.66 Å². The molecule has 0 fully saturated rings. The van der Waals surface area contributed by atoms with Crippen molar-refractivity contribution in [2.45, 2.75) is 39.5 Å². The van der Waals surface area contributed by atoms with Gasteiger partial charge in [-0.05, 0) is 37.2 Å². The topological polar surface area (TPSA) is 52.6 Å². The van der Waals surface area contributed by atoms with Gasteiger partial charge in [-0.1, -0.05) is 22.6 Å². The van der Waals surface area contributed by atoms with Crippen LogP contribution in [0.3, 0.4) is 0 Å². The van der Waals surface area contributed by atoms with Crippen LogP contribution in [0.4, 0.5) is 0 Å². The lowest BCUT2D eigenvalue weighted by Gasteiger charge is -2.05. The van der Waals surface area contributed by atoms with Gasteiger partial charge in [0.2, 0.25) is 0 Å². The highest BCUT2D eigenvalue weighted by Crippen LogP contribution is 2.13. The van der Waals surface area contributed by atoms with Crippen LogP contribution in [-0.2, 0) is 19.1 Å². The summed E-state index contributed by atoms with van der Waals surface area (Å²) in [6.45, 7) is 4.37. The second-order valence-corrected chi connectivity index (χ2v) is 3.99. The molecule has 0 unspecified atom stereocenters. The van der Waals surface area contributed by atoms with E-state index in [1.165, 1.54) is 0 Å². The Labute approximate surface area is 116 Å². The molecule has 0 amide bonds. The molecule has 0 rings (SSSR count). The summed E-state index contributed by atoms with van der Waals surface area (Å²) in [5, 5.41) is 0. The minimum atomic E-state index is -0.266. The predicted octanol–water partition coefficient (Wildman–Crippen LogP) is 2.99. The first kappa shape index (κ1) is 16.4. The van der Waals surface area contributed by atoms with Crippen LogP contribution in [0.5, 0.6) is 0 Å². The molecule has 0 heterocycles. The zero-order valence-corrected chi connectivity index (χ0v) is 12.5. The standard InChI is InChI=1S/C12H19IO4/c1-3-16-11(14)8-6-5-7-10(9-13)12(15)17-4-2/h9H,3-8H2,1-2H3/b10-9+. The fourth-order valence-electron chi connectivity index (χ4n) is 1.24. The van der Waals surface area contributed by atoms with Gasteiger partial charge in [-0.2, -0.15) is 0 Å². The Morgan fingerprint density at radius 2 is 1.65 bits per heavy atom. The van der Waals surface area contributed by atoms with E-state index in [-0.39, 0.29) is 11.9 Å². The third-order valence-corrected chi connectivity index (χ3v) is 2.80. The third-order valence-electron chi connectivity index (χ3n) is 2.05. The average molecular weight is 354 g/mol. The number of esters is 2. The van der Waals surface area contributed by atoms with E-state index in [0.29, 0.717) is 31.6 Å². The molecule has 0 aromatic carbocycles. The van der Waals surface area contributed by atoms with Crippen LogP contribution in [-0.4, -0.2) is 25.2 Å². The molecule has 0 spiro atoms. The van der Waals surface area contributed by atoms with Gasteiger partial charge in [0.1, 0.15) is 0 Å². The summed E-state index contributed by atoms with van der Waals surface area (Å²) in [5.41, 5.74) is 0.663.